The molecule has 130 valence electrons. The molecular weight excluding hydrogens is 284 g/mol. The molecular formula is C20H34N2O. The van der Waals surface area contributed by atoms with E-state index in [4.69, 9.17) is 4.74 Å². The summed E-state index contributed by atoms with van der Waals surface area (Å²) in [7, 11) is 0. The number of benzene rings is 1. The van der Waals surface area contributed by atoms with Gasteiger partial charge in [-0.25, -0.2) is 0 Å². The maximum atomic E-state index is 5.86. The van der Waals surface area contributed by atoms with Crippen molar-refractivity contribution in [1.29, 1.82) is 0 Å². The summed E-state index contributed by atoms with van der Waals surface area (Å²) in [5, 5.41) is 3.39. The number of piperazine rings is 1. The molecule has 3 nitrogen and oxygen atoms in total. The number of hydrogen-bond acceptors (Lipinski definition) is 3. The van der Waals surface area contributed by atoms with Gasteiger partial charge in [0.15, 0.2) is 0 Å². The van der Waals surface area contributed by atoms with Crippen molar-refractivity contribution in [2.75, 3.05) is 37.7 Å². The van der Waals surface area contributed by atoms with E-state index in [0.29, 0.717) is 0 Å². The van der Waals surface area contributed by atoms with Gasteiger partial charge in [-0.2, -0.15) is 0 Å². The van der Waals surface area contributed by atoms with E-state index >= 15 is 0 Å². The Morgan fingerprint density at radius 1 is 0.870 bits per heavy atom. The van der Waals surface area contributed by atoms with Crippen LogP contribution < -0.4 is 15.0 Å². The van der Waals surface area contributed by atoms with Crippen LogP contribution in [0, 0.1) is 0 Å². The van der Waals surface area contributed by atoms with E-state index in [1.807, 2.05) is 0 Å². The first-order valence-corrected chi connectivity index (χ1v) is 9.58. The maximum absolute atomic E-state index is 5.86. The first-order valence-electron chi connectivity index (χ1n) is 9.58. The van der Waals surface area contributed by atoms with Crippen LogP contribution in [0.1, 0.15) is 58.3 Å². The van der Waals surface area contributed by atoms with Gasteiger partial charge in [-0.1, -0.05) is 51.9 Å². The van der Waals surface area contributed by atoms with Crippen LogP contribution in [0.25, 0.3) is 0 Å². The van der Waals surface area contributed by atoms with Gasteiger partial charge in [0.2, 0.25) is 0 Å². The molecule has 1 aromatic rings. The number of rotatable bonds is 11. The van der Waals surface area contributed by atoms with Crippen molar-refractivity contribution in [1.82, 2.24) is 5.32 Å². The third-order valence-corrected chi connectivity index (χ3v) is 4.59. The molecule has 0 amide bonds. The fourth-order valence-corrected chi connectivity index (χ4v) is 3.10. The molecule has 0 aliphatic carbocycles. The van der Waals surface area contributed by atoms with E-state index in [0.717, 1.165) is 38.5 Å². The molecule has 0 saturated carbocycles. The lowest BCUT2D eigenvalue weighted by molar-refractivity contribution is 0.304. The number of unbranched alkanes of at least 4 members (excludes halogenated alkanes) is 7. The van der Waals surface area contributed by atoms with E-state index < -0.39 is 0 Å². The van der Waals surface area contributed by atoms with Crippen molar-refractivity contribution in [3.63, 3.8) is 0 Å². The highest BCUT2D eigenvalue weighted by atomic mass is 16.5. The molecule has 23 heavy (non-hydrogen) atoms. The normalized spacial score (nSPS) is 14.9. The van der Waals surface area contributed by atoms with Gasteiger partial charge in [-0.05, 0) is 30.7 Å². The SMILES string of the molecule is CCCCCCCCCCOc1ccc(N2CCNCC2)cc1. The van der Waals surface area contributed by atoms with Gasteiger partial charge in [-0.15, -0.1) is 0 Å². The smallest absolute Gasteiger partial charge is 0.119 e. The molecule has 1 aromatic carbocycles. The lowest BCUT2D eigenvalue weighted by Gasteiger charge is -2.29. The number of nitrogens with one attached hydrogen (secondary N) is 1. The Balaban J connectivity index is 1.54. The number of nitrogens with zero attached hydrogens (tertiary/aromatic N) is 1. The molecule has 1 aliphatic rings. The lowest BCUT2D eigenvalue weighted by atomic mass is 10.1. The zero-order valence-electron chi connectivity index (χ0n) is 14.9. The standard InChI is InChI=1S/C20H34N2O/c1-2-3-4-5-6-7-8-9-18-23-20-12-10-19(11-13-20)22-16-14-21-15-17-22/h10-13,21H,2-9,14-18H2,1H3. The first kappa shape index (κ1) is 18.1. The molecule has 0 atom stereocenters. The topological polar surface area (TPSA) is 24.5 Å². The van der Waals surface area contributed by atoms with E-state index in [1.165, 1.54) is 57.1 Å². The van der Waals surface area contributed by atoms with Gasteiger partial charge in [0.1, 0.15) is 5.75 Å². The minimum Gasteiger partial charge on any atom is -0.494 e. The van der Waals surface area contributed by atoms with Crippen molar-refractivity contribution in [2.24, 2.45) is 0 Å². The van der Waals surface area contributed by atoms with E-state index in [1.54, 1.807) is 0 Å². The van der Waals surface area contributed by atoms with Crippen LogP contribution in [0.3, 0.4) is 0 Å². The van der Waals surface area contributed by atoms with E-state index in [9.17, 15) is 0 Å². The Hall–Kier alpha value is -1.22. The molecule has 0 aromatic heterocycles. The highest BCUT2D eigenvalue weighted by Crippen LogP contribution is 2.20. The largest absolute Gasteiger partial charge is 0.494 e. The summed E-state index contributed by atoms with van der Waals surface area (Å²) in [6.07, 6.45) is 10.8. The van der Waals surface area contributed by atoms with Crippen LogP contribution in [0.5, 0.6) is 5.75 Å². The minimum atomic E-state index is 0.849. The summed E-state index contributed by atoms with van der Waals surface area (Å²) in [4.78, 5) is 2.43. The molecule has 0 unspecified atom stereocenters. The molecule has 1 saturated heterocycles. The fraction of sp³-hybridized carbons (Fsp3) is 0.700. The molecule has 0 radical (unpaired) electrons. The summed E-state index contributed by atoms with van der Waals surface area (Å²) < 4.78 is 5.86. The van der Waals surface area contributed by atoms with Crippen LogP contribution >= 0.6 is 0 Å². The number of ether oxygens (including phenoxy) is 1. The Labute approximate surface area is 142 Å². The van der Waals surface area contributed by atoms with Gasteiger partial charge < -0.3 is 15.0 Å². The van der Waals surface area contributed by atoms with Crippen LogP contribution in [-0.4, -0.2) is 32.8 Å². The van der Waals surface area contributed by atoms with Gasteiger partial charge in [-0.3, -0.25) is 0 Å². The molecule has 1 aliphatic heterocycles. The van der Waals surface area contributed by atoms with Crippen LogP contribution in [0.4, 0.5) is 5.69 Å². The zero-order valence-corrected chi connectivity index (χ0v) is 14.9. The quantitative estimate of drug-likeness (QED) is 0.603. The Kier molecular flexibility index (Phi) is 8.93. The Bertz CT molecular complexity index is 399. The van der Waals surface area contributed by atoms with E-state index in [2.05, 4.69) is 41.4 Å². The van der Waals surface area contributed by atoms with Crippen molar-refractivity contribution in [2.45, 2.75) is 58.3 Å². The highest BCUT2D eigenvalue weighted by Gasteiger charge is 2.09. The molecule has 3 heteroatoms. The minimum absolute atomic E-state index is 0.849. The molecule has 0 bridgehead atoms. The third-order valence-electron chi connectivity index (χ3n) is 4.59. The van der Waals surface area contributed by atoms with Crippen molar-refractivity contribution in [3.8, 4) is 5.75 Å². The first-order chi connectivity index (χ1) is 11.4. The second kappa shape index (κ2) is 11.3. The summed E-state index contributed by atoms with van der Waals surface area (Å²) >= 11 is 0. The summed E-state index contributed by atoms with van der Waals surface area (Å²) in [6.45, 7) is 7.47. The molecule has 1 N–H and O–H groups in total. The number of hydrogen-bond donors (Lipinski definition) is 1. The van der Waals surface area contributed by atoms with Gasteiger partial charge in [0.05, 0.1) is 6.61 Å². The third kappa shape index (κ3) is 7.26. The summed E-state index contributed by atoms with van der Waals surface area (Å²) in [5.74, 6) is 1.01. The Morgan fingerprint density at radius 2 is 1.48 bits per heavy atom. The predicted octanol–water partition coefficient (Wildman–Crippen LogP) is 4.62. The van der Waals surface area contributed by atoms with Crippen molar-refractivity contribution in [3.05, 3.63) is 24.3 Å². The van der Waals surface area contributed by atoms with Gasteiger partial charge in [0.25, 0.3) is 0 Å². The fourth-order valence-electron chi connectivity index (χ4n) is 3.10. The summed E-state index contributed by atoms with van der Waals surface area (Å²) in [6, 6.07) is 8.60. The second-order valence-corrected chi connectivity index (χ2v) is 6.55. The van der Waals surface area contributed by atoms with Crippen LogP contribution in [-0.2, 0) is 0 Å². The molecule has 1 heterocycles. The lowest BCUT2D eigenvalue weighted by Crippen LogP contribution is -2.43. The second-order valence-electron chi connectivity index (χ2n) is 6.55. The average Bonchev–Trinajstić information content (AvgIpc) is 2.62. The van der Waals surface area contributed by atoms with Crippen LogP contribution in [0.2, 0.25) is 0 Å². The van der Waals surface area contributed by atoms with Crippen LogP contribution in [0.15, 0.2) is 24.3 Å². The maximum Gasteiger partial charge on any atom is 0.119 e. The van der Waals surface area contributed by atoms with Crippen molar-refractivity contribution >= 4 is 5.69 Å². The van der Waals surface area contributed by atoms with Gasteiger partial charge >= 0.3 is 0 Å². The predicted molar refractivity (Wildman–Crippen MR) is 99.6 cm³/mol. The molecule has 2 rings (SSSR count). The highest BCUT2D eigenvalue weighted by molar-refractivity contribution is 5.49. The van der Waals surface area contributed by atoms with E-state index in [-0.39, 0.29) is 0 Å². The zero-order chi connectivity index (χ0) is 16.2. The summed E-state index contributed by atoms with van der Waals surface area (Å²) in [5.41, 5.74) is 1.31. The average molecular weight is 319 g/mol. The molecule has 0 spiro atoms. The number of anilines is 1. The Morgan fingerprint density at radius 3 is 2.13 bits per heavy atom. The molecule has 1 fully saturated rings. The monoisotopic (exact) mass is 318 g/mol. The van der Waals surface area contributed by atoms with Crippen molar-refractivity contribution < 1.29 is 4.74 Å². The van der Waals surface area contributed by atoms with Gasteiger partial charge in [0, 0.05) is 31.9 Å².